The van der Waals surface area contributed by atoms with E-state index in [0.717, 1.165) is 11.8 Å². The van der Waals surface area contributed by atoms with Crippen molar-refractivity contribution in [2.75, 3.05) is 30.5 Å². The van der Waals surface area contributed by atoms with Crippen molar-refractivity contribution >= 4 is 27.5 Å². The molecule has 14 heteroatoms. The highest BCUT2D eigenvalue weighted by molar-refractivity contribution is 7.91. The molecule has 2 amide bonds. The number of alkyl halides is 3. The van der Waals surface area contributed by atoms with Crippen molar-refractivity contribution in [3.8, 4) is 17.2 Å². The van der Waals surface area contributed by atoms with Crippen molar-refractivity contribution in [3.63, 3.8) is 0 Å². The standard InChI is InChI=1S/C26H25F3N4O6S/c1-15-3-5-16(6-4-15)33-23(30-21(34)13-40(2,36)37)22-19(32-33)12-25(31-24(22)35)9-10-38-20-11-17(7-8-18(20)25)39-14-26(27,28)29/h3-8,11H,9-10,12-14H2,1-2H3,(H,30,34)(H,31,35)/t25-/m0/s1. The maximum atomic E-state index is 13.6. The van der Waals surface area contributed by atoms with Gasteiger partial charge >= 0.3 is 6.18 Å². The Hall–Kier alpha value is -4.07. The van der Waals surface area contributed by atoms with Crippen molar-refractivity contribution in [1.82, 2.24) is 15.1 Å². The van der Waals surface area contributed by atoms with Crippen LogP contribution < -0.4 is 20.1 Å². The lowest BCUT2D eigenvalue weighted by Gasteiger charge is -2.41. The van der Waals surface area contributed by atoms with E-state index in [4.69, 9.17) is 9.47 Å². The minimum Gasteiger partial charge on any atom is -0.493 e. The number of hydrogen-bond acceptors (Lipinski definition) is 7. The predicted octanol–water partition coefficient (Wildman–Crippen LogP) is 3.07. The summed E-state index contributed by atoms with van der Waals surface area (Å²) in [6.07, 6.45) is -3.05. The van der Waals surface area contributed by atoms with Gasteiger partial charge < -0.3 is 20.1 Å². The van der Waals surface area contributed by atoms with Crippen molar-refractivity contribution in [2.45, 2.75) is 31.5 Å². The Bertz CT molecular complexity index is 1600. The Kier molecular flexibility index (Phi) is 6.76. The van der Waals surface area contributed by atoms with Crippen LogP contribution in [0, 0.1) is 6.92 Å². The van der Waals surface area contributed by atoms with E-state index >= 15 is 0 Å². The monoisotopic (exact) mass is 578 g/mol. The fraction of sp³-hybridized carbons (Fsp3) is 0.346. The number of aromatic nitrogens is 2. The number of carbonyl (C=O) groups excluding carboxylic acids is 2. The van der Waals surface area contributed by atoms with Crippen LogP contribution >= 0.6 is 0 Å². The van der Waals surface area contributed by atoms with E-state index in [2.05, 4.69) is 15.7 Å². The van der Waals surface area contributed by atoms with E-state index in [1.807, 2.05) is 19.1 Å². The number of benzene rings is 2. The van der Waals surface area contributed by atoms with Crippen molar-refractivity contribution in [3.05, 3.63) is 64.8 Å². The minimum atomic E-state index is -4.50. The first-order chi connectivity index (χ1) is 18.7. The van der Waals surface area contributed by atoms with Gasteiger partial charge in [0, 0.05) is 30.7 Å². The summed E-state index contributed by atoms with van der Waals surface area (Å²) in [4.78, 5) is 26.2. The first-order valence-corrected chi connectivity index (χ1v) is 14.2. The van der Waals surface area contributed by atoms with Crippen molar-refractivity contribution in [2.24, 2.45) is 0 Å². The van der Waals surface area contributed by atoms with E-state index in [1.54, 1.807) is 18.2 Å². The zero-order valence-electron chi connectivity index (χ0n) is 21.5. The topological polar surface area (TPSA) is 129 Å². The summed E-state index contributed by atoms with van der Waals surface area (Å²) in [5.74, 6) is -1.89. The summed E-state index contributed by atoms with van der Waals surface area (Å²) in [7, 11) is -3.64. The number of fused-ring (bicyclic) bond motifs is 3. The number of amides is 2. The van der Waals surface area contributed by atoms with Crippen molar-refractivity contribution < 1.29 is 40.7 Å². The number of nitrogens with one attached hydrogen (secondary N) is 2. The number of rotatable bonds is 6. The zero-order chi connectivity index (χ0) is 28.9. The van der Waals surface area contributed by atoms with Gasteiger partial charge in [0.05, 0.1) is 23.5 Å². The normalized spacial score (nSPS) is 18.4. The van der Waals surface area contributed by atoms with Gasteiger partial charge in [0.25, 0.3) is 5.91 Å². The van der Waals surface area contributed by atoms with Gasteiger partial charge in [-0.2, -0.15) is 18.3 Å². The van der Waals surface area contributed by atoms with Crippen LogP contribution in [0.1, 0.15) is 33.6 Å². The number of hydrogen-bond donors (Lipinski definition) is 2. The summed E-state index contributed by atoms with van der Waals surface area (Å²) in [5.41, 5.74) is 1.51. The van der Waals surface area contributed by atoms with E-state index in [-0.39, 0.29) is 35.9 Å². The first kappa shape index (κ1) is 27.5. The highest BCUT2D eigenvalue weighted by atomic mass is 32.2. The quantitative estimate of drug-likeness (QED) is 0.460. The molecule has 10 nitrogen and oxygen atoms in total. The molecule has 0 bridgehead atoms. The molecule has 1 spiro atoms. The van der Waals surface area contributed by atoms with Crippen LogP contribution in [-0.2, 0) is 26.6 Å². The molecule has 1 atom stereocenters. The molecule has 2 N–H and O–H groups in total. The molecule has 2 aromatic carbocycles. The number of anilines is 1. The first-order valence-electron chi connectivity index (χ1n) is 12.2. The Labute approximate surface area is 227 Å². The number of ether oxygens (including phenoxy) is 2. The van der Waals surface area contributed by atoms with Crippen LogP contribution in [0.4, 0.5) is 19.0 Å². The second kappa shape index (κ2) is 9.84. The van der Waals surface area contributed by atoms with Crippen LogP contribution in [0.2, 0.25) is 0 Å². The van der Waals surface area contributed by atoms with Gasteiger partial charge in [-0.15, -0.1) is 0 Å². The highest BCUT2D eigenvalue weighted by Crippen LogP contribution is 2.44. The third kappa shape index (κ3) is 5.62. The molecule has 0 radical (unpaired) electrons. The van der Waals surface area contributed by atoms with Gasteiger partial charge in [-0.25, -0.2) is 13.1 Å². The van der Waals surface area contributed by atoms with Gasteiger partial charge in [-0.3, -0.25) is 9.59 Å². The van der Waals surface area contributed by atoms with E-state index in [1.165, 1.54) is 16.8 Å². The average Bonchev–Trinajstić information content (AvgIpc) is 3.19. The van der Waals surface area contributed by atoms with Crippen LogP contribution in [-0.4, -0.2) is 61.4 Å². The lowest BCUT2D eigenvalue weighted by molar-refractivity contribution is -0.153. The van der Waals surface area contributed by atoms with E-state index in [9.17, 15) is 31.2 Å². The molecule has 3 aromatic rings. The smallest absolute Gasteiger partial charge is 0.422 e. The Balaban J connectivity index is 1.54. The molecule has 0 saturated carbocycles. The lowest BCUT2D eigenvalue weighted by atomic mass is 9.77. The van der Waals surface area contributed by atoms with Gasteiger partial charge in [0.1, 0.15) is 28.6 Å². The maximum absolute atomic E-state index is 13.6. The molecule has 212 valence electrons. The largest absolute Gasteiger partial charge is 0.493 e. The van der Waals surface area contributed by atoms with Gasteiger partial charge in [0.15, 0.2) is 16.4 Å². The Morgan fingerprint density at radius 3 is 2.62 bits per heavy atom. The van der Waals surface area contributed by atoms with E-state index < -0.39 is 45.7 Å². The molecule has 2 aliphatic rings. The molecule has 3 heterocycles. The third-order valence-corrected chi connectivity index (χ3v) is 7.38. The number of carbonyl (C=O) groups is 2. The van der Waals surface area contributed by atoms with Crippen molar-refractivity contribution in [1.29, 1.82) is 0 Å². The number of aryl methyl sites for hydroxylation is 1. The number of nitrogens with zero attached hydrogens (tertiary/aromatic N) is 2. The summed E-state index contributed by atoms with van der Waals surface area (Å²) in [5, 5.41) is 10.2. The maximum Gasteiger partial charge on any atom is 0.422 e. The predicted molar refractivity (Wildman–Crippen MR) is 138 cm³/mol. The van der Waals surface area contributed by atoms with Gasteiger partial charge in [0.2, 0.25) is 5.91 Å². The van der Waals surface area contributed by atoms with Crippen LogP contribution in [0.3, 0.4) is 0 Å². The fourth-order valence-corrected chi connectivity index (χ4v) is 5.43. The summed E-state index contributed by atoms with van der Waals surface area (Å²) in [6.45, 7) is 0.606. The molecule has 0 aliphatic carbocycles. The number of halogens is 3. The van der Waals surface area contributed by atoms with Crippen LogP contribution in [0.5, 0.6) is 11.5 Å². The van der Waals surface area contributed by atoms with Crippen LogP contribution in [0.15, 0.2) is 42.5 Å². The molecule has 2 aliphatic heterocycles. The summed E-state index contributed by atoms with van der Waals surface area (Å²) >= 11 is 0. The average molecular weight is 579 g/mol. The second-order valence-corrected chi connectivity index (χ2v) is 12.0. The molecule has 5 rings (SSSR count). The second-order valence-electron chi connectivity index (χ2n) is 9.91. The zero-order valence-corrected chi connectivity index (χ0v) is 22.3. The van der Waals surface area contributed by atoms with Gasteiger partial charge in [-0.05, 0) is 31.2 Å². The summed E-state index contributed by atoms with van der Waals surface area (Å²) in [6, 6.07) is 11.4. The lowest BCUT2D eigenvalue weighted by Crippen LogP contribution is -2.53. The molecule has 0 saturated heterocycles. The fourth-order valence-electron chi connectivity index (χ4n) is 4.89. The Morgan fingerprint density at radius 1 is 1.23 bits per heavy atom. The molecule has 0 fully saturated rings. The molecular formula is C26H25F3N4O6S. The number of sulfone groups is 1. The highest BCUT2D eigenvalue weighted by Gasteiger charge is 2.46. The minimum absolute atomic E-state index is 0.0306. The third-order valence-electron chi connectivity index (χ3n) is 6.59. The molecular weight excluding hydrogens is 553 g/mol. The molecule has 1 aromatic heterocycles. The van der Waals surface area contributed by atoms with Crippen LogP contribution in [0.25, 0.3) is 5.69 Å². The Morgan fingerprint density at radius 2 is 1.95 bits per heavy atom. The van der Waals surface area contributed by atoms with E-state index in [0.29, 0.717) is 23.4 Å². The van der Waals surface area contributed by atoms with Gasteiger partial charge in [-0.1, -0.05) is 17.7 Å². The summed E-state index contributed by atoms with van der Waals surface area (Å²) < 4.78 is 73.2. The molecule has 0 unspecified atom stereocenters. The SMILES string of the molecule is Cc1ccc(-n2nc3c(c2NC(=O)CS(C)(=O)=O)C(=O)N[C@@]2(CCOc4cc(OCC(F)(F)F)ccc42)C3)cc1. The molecule has 40 heavy (non-hydrogen) atoms.